The Hall–Kier alpha value is -2.32. The van der Waals surface area contributed by atoms with E-state index >= 15 is 0 Å². The molecule has 0 unspecified atom stereocenters. The zero-order chi connectivity index (χ0) is 17.1. The summed E-state index contributed by atoms with van der Waals surface area (Å²) in [6.07, 6.45) is 0. The number of hydrogen-bond acceptors (Lipinski definition) is 7. The van der Waals surface area contributed by atoms with Crippen LogP contribution in [0.3, 0.4) is 0 Å². The molecule has 1 aromatic carbocycles. The van der Waals surface area contributed by atoms with Crippen molar-refractivity contribution in [2.75, 3.05) is 17.7 Å². The van der Waals surface area contributed by atoms with Gasteiger partial charge in [-0.25, -0.2) is 9.97 Å². The molecule has 0 saturated heterocycles. The third-order valence-electron chi connectivity index (χ3n) is 3.49. The van der Waals surface area contributed by atoms with Gasteiger partial charge >= 0.3 is 0 Å². The molecular formula is C16H20N6OS. The second-order valence-corrected chi connectivity index (χ2v) is 6.62. The molecule has 7 nitrogen and oxygen atoms in total. The van der Waals surface area contributed by atoms with Crippen molar-refractivity contribution in [1.82, 2.24) is 19.9 Å². The number of aliphatic hydroxyl groups is 1. The molecule has 0 aliphatic rings. The van der Waals surface area contributed by atoms with Gasteiger partial charge in [0.2, 0.25) is 0 Å². The second-order valence-electron chi connectivity index (χ2n) is 5.68. The van der Waals surface area contributed by atoms with E-state index in [9.17, 15) is 5.11 Å². The van der Waals surface area contributed by atoms with Gasteiger partial charge in [-0.15, -0.1) is 0 Å². The maximum atomic E-state index is 9.26. The van der Waals surface area contributed by atoms with Crippen molar-refractivity contribution in [2.24, 2.45) is 0 Å². The number of benzene rings is 1. The number of fused-ring (bicyclic) bond motifs is 1. The van der Waals surface area contributed by atoms with E-state index in [1.54, 1.807) is 0 Å². The lowest BCUT2D eigenvalue weighted by atomic mass is 10.2. The Morgan fingerprint density at radius 1 is 1.25 bits per heavy atom. The second kappa shape index (κ2) is 7.06. The number of thioether (sulfide) groups is 1. The van der Waals surface area contributed by atoms with Crippen LogP contribution in [0.25, 0.3) is 11.2 Å². The van der Waals surface area contributed by atoms with Crippen molar-refractivity contribution in [3.63, 3.8) is 0 Å². The fourth-order valence-electron chi connectivity index (χ4n) is 2.18. The van der Waals surface area contributed by atoms with E-state index < -0.39 is 0 Å². The van der Waals surface area contributed by atoms with Gasteiger partial charge in [-0.1, -0.05) is 41.6 Å². The first-order chi connectivity index (χ1) is 11.5. The van der Waals surface area contributed by atoms with Gasteiger partial charge in [0.1, 0.15) is 5.52 Å². The number of nitrogen functional groups attached to an aromatic ring is 1. The van der Waals surface area contributed by atoms with Crippen LogP contribution in [0.2, 0.25) is 0 Å². The van der Waals surface area contributed by atoms with E-state index in [0.717, 1.165) is 5.75 Å². The minimum Gasteiger partial charge on any atom is -0.394 e. The molecule has 8 heteroatoms. The molecule has 0 aliphatic heterocycles. The molecule has 24 heavy (non-hydrogen) atoms. The van der Waals surface area contributed by atoms with E-state index in [0.29, 0.717) is 28.1 Å². The SMILES string of the molecule is Cc1ccc(CSc2nc(N[C@H](C)CO)c3[nH]c(N)nc3n2)cc1. The zero-order valence-corrected chi connectivity index (χ0v) is 14.4. The Morgan fingerprint density at radius 3 is 2.71 bits per heavy atom. The molecule has 1 atom stereocenters. The maximum Gasteiger partial charge on any atom is 0.200 e. The zero-order valence-electron chi connectivity index (χ0n) is 13.6. The van der Waals surface area contributed by atoms with E-state index in [-0.39, 0.29) is 12.6 Å². The topological polar surface area (TPSA) is 113 Å². The van der Waals surface area contributed by atoms with E-state index in [2.05, 4.69) is 56.4 Å². The van der Waals surface area contributed by atoms with Crippen molar-refractivity contribution >= 4 is 34.7 Å². The summed E-state index contributed by atoms with van der Waals surface area (Å²) in [5.74, 6) is 1.65. The standard InChI is InChI=1S/C16H20N6OS/c1-9-3-5-11(6-4-9)8-24-16-21-13(18-10(2)7-23)12-14(22-16)20-15(17)19-12/h3-6,10,23H,7-8H2,1-2H3,(H4,17,18,19,20,21,22)/t10-/m1/s1. The maximum absolute atomic E-state index is 9.26. The van der Waals surface area contributed by atoms with Gasteiger partial charge in [-0.3, -0.25) is 0 Å². The van der Waals surface area contributed by atoms with Crippen molar-refractivity contribution in [3.05, 3.63) is 35.4 Å². The molecule has 3 rings (SSSR count). The van der Waals surface area contributed by atoms with E-state index in [1.807, 2.05) is 6.92 Å². The number of hydrogen-bond donors (Lipinski definition) is 4. The number of aryl methyl sites for hydroxylation is 1. The minimum atomic E-state index is -0.137. The van der Waals surface area contributed by atoms with Crippen LogP contribution >= 0.6 is 11.8 Å². The molecule has 2 aromatic heterocycles. The molecule has 0 fully saturated rings. The Kier molecular flexibility index (Phi) is 4.86. The molecule has 0 amide bonds. The summed E-state index contributed by atoms with van der Waals surface area (Å²) in [6, 6.07) is 8.23. The smallest absolute Gasteiger partial charge is 0.200 e. The van der Waals surface area contributed by atoms with Crippen molar-refractivity contribution < 1.29 is 5.11 Å². The number of aliphatic hydroxyl groups excluding tert-OH is 1. The first kappa shape index (κ1) is 16.5. The highest BCUT2D eigenvalue weighted by atomic mass is 32.2. The Bertz CT molecular complexity index is 832. The minimum absolute atomic E-state index is 0.000950. The van der Waals surface area contributed by atoms with Crippen LogP contribution < -0.4 is 11.1 Å². The first-order valence-electron chi connectivity index (χ1n) is 7.64. The van der Waals surface area contributed by atoms with Gasteiger partial charge < -0.3 is 21.1 Å². The number of nitrogens with two attached hydrogens (primary N) is 1. The van der Waals surface area contributed by atoms with Crippen molar-refractivity contribution in [3.8, 4) is 0 Å². The summed E-state index contributed by atoms with van der Waals surface area (Å²) in [5, 5.41) is 13.0. The third-order valence-corrected chi connectivity index (χ3v) is 4.41. The van der Waals surface area contributed by atoms with Crippen LogP contribution in [0.15, 0.2) is 29.4 Å². The lowest BCUT2D eigenvalue weighted by Crippen LogP contribution is -2.20. The highest BCUT2D eigenvalue weighted by Gasteiger charge is 2.14. The molecule has 0 radical (unpaired) electrons. The molecule has 0 saturated carbocycles. The van der Waals surface area contributed by atoms with E-state index in [1.165, 1.54) is 22.9 Å². The lowest BCUT2D eigenvalue weighted by Gasteiger charge is -2.12. The summed E-state index contributed by atoms with van der Waals surface area (Å²) in [6.45, 7) is 3.93. The number of anilines is 2. The van der Waals surface area contributed by atoms with Gasteiger partial charge in [0.25, 0.3) is 0 Å². The molecule has 3 aromatic rings. The van der Waals surface area contributed by atoms with Gasteiger partial charge in [0.05, 0.1) is 6.61 Å². The first-order valence-corrected chi connectivity index (χ1v) is 8.62. The summed E-state index contributed by atoms with van der Waals surface area (Å²) in [5.41, 5.74) is 9.33. The fourth-order valence-corrected chi connectivity index (χ4v) is 2.97. The normalized spacial score (nSPS) is 12.5. The summed E-state index contributed by atoms with van der Waals surface area (Å²) >= 11 is 1.53. The third kappa shape index (κ3) is 3.77. The summed E-state index contributed by atoms with van der Waals surface area (Å²) in [4.78, 5) is 16.1. The Balaban J connectivity index is 1.85. The Morgan fingerprint density at radius 2 is 2.00 bits per heavy atom. The average molecular weight is 344 g/mol. The van der Waals surface area contributed by atoms with Gasteiger partial charge in [0.15, 0.2) is 22.6 Å². The molecule has 5 N–H and O–H groups in total. The van der Waals surface area contributed by atoms with Crippen LogP contribution in [0.1, 0.15) is 18.1 Å². The number of rotatable bonds is 6. The van der Waals surface area contributed by atoms with E-state index in [4.69, 9.17) is 5.73 Å². The quantitative estimate of drug-likeness (QED) is 0.401. The number of nitrogens with one attached hydrogen (secondary N) is 2. The predicted octanol–water partition coefficient (Wildman–Crippen LogP) is 2.33. The van der Waals surface area contributed by atoms with Crippen molar-refractivity contribution in [2.45, 2.75) is 30.8 Å². The molecular weight excluding hydrogens is 324 g/mol. The molecule has 0 bridgehead atoms. The summed E-state index contributed by atoms with van der Waals surface area (Å²) in [7, 11) is 0. The fraction of sp³-hybridized carbons (Fsp3) is 0.312. The Labute approximate surface area is 144 Å². The highest BCUT2D eigenvalue weighted by Crippen LogP contribution is 2.26. The van der Waals surface area contributed by atoms with Crippen LogP contribution in [0.4, 0.5) is 11.8 Å². The average Bonchev–Trinajstić information content (AvgIpc) is 2.94. The highest BCUT2D eigenvalue weighted by molar-refractivity contribution is 7.98. The van der Waals surface area contributed by atoms with Crippen LogP contribution in [0.5, 0.6) is 0 Å². The van der Waals surface area contributed by atoms with Gasteiger partial charge in [-0.05, 0) is 19.4 Å². The largest absolute Gasteiger partial charge is 0.394 e. The van der Waals surface area contributed by atoms with Crippen molar-refractivity contribution in [1.29, 1.82) is 0 Å². The van der Waals surface area contributed by atoms with Gasteiger partial charge in [0, 0.05) is 11.8 Å². The predicted molar refractivity (Wildman–Crippen MR) is 97.0 cm³/mol. The monoisotopic (exact) mass is 344 g/mol. The van der Waals surface area contributed by atoms with Crippen LogP contribution in [-0.2, 0) is 5.75 Å². The number of imidazole rings is 1. The molecule has 0 aliphatic carbocycles. The van der Waals surface area contributed by atoms with Crippen LogP contribution in [-0.4, -0.2) is 37.7 Å². The number of aromatic nitrogens is 4. The van der Waals surface area contributed by atoms with Gasteiger partial charge in [-0.2, -0.15) is 4.98 Å². The number of H-pyrrole nitrogens is 1. The number of nitrogens with zero attached hydrogens (tertiary/aromatic N) is 3. The number of aromatic amines is 1. The molecule has 0 spiro atoms. The molecule has 2 heterocycles. The lowest BCUT2D eigenvalue weighted by molar-refractivity contribution is 0.281. The molecule has 126 valence electrons. The van der Waals surface area contributed by atoms with Crippen LogP contribution in [0, 0.1) is 6.92 Å². The summed E-state index contributed by atoms with van der Waals surface area (Å²) < 4.78 is 0.